The first-order valence-corrected chi connectivity index (χ1v) is 14.5. The quantitative estimate of drug-likeness (QED) is 0.208. The third-order valence-corrected chi connectivity index (χ3v) is 8.47. The molecule has 2 unspecified atom stereocenters. The number of anilines is 1. The number of ether oxygens (including phenoxy) is 1. The monoisotopic (exact) mass is 556 g/mol. The summed E-state index contributed by atoms with van der Waals surface area (Å²) in [5, 5.41) is 1.82. The molecule has 0 aliphatic heterocycles. The predicted octanol–water partition coefficient (Wildman–Crippen LogP) is 7.56. The van der Waals surface area contributed by atoms with Gasteiger partial charge in [-0.05, 0) is 74.0 Å². The second-order valence-corrected chi connectivity index (χ2v) is 11.0. The van der Waals surface area contributed by atoms with E-state index in [1.807, 2.05) is 31.2 Å². The summed E-state index contributed by atoms with van der Waals surface area (Å²) in [5.41, 5.74) is 1.80. The molecule has 0 saturated carbocycles. The van der Waals surface area contributed by atoms with Gasteiger partial charge in [0.2, 0.25) is 0 Å². The Balaban J connectivity index is 1.93. The Morgan fingerprint density at radius 2 is 1.65 bits per heavy atom. The molecule has 2 atom stereocenters. The van der Waals surface area contributed by atoms with Crippen LogP contribution in [0.1, 0.15) is 50.7 Å². The Labute approximate surface area is 223 Å². The van der Waals surface area contributed by atoms with Crippen molar-refractivity contribution < 1.29 is 26.7 Å². The maximum absolute atomic E-state index is 12.6. The van der Waals surface area contributed by atoms with E-state index in [0.717, 1.165) is 65.0 Å². The maximum Gasteiger partial charge on any atom is 0.573 e. The number of hydrogen-bond donors (Lipinski definition) is 1. The second-order valence-electron chi connectivity index (χ2n) is 9.11. The van der Waals surface area contributed by atoms with E-state index in [9.17, 15) is 21.9 Å². The Bertz CT molecular complexity index is 1140. The molecule has 0 spiro atoms. The molecule has 3 aromatic rings. The summed E-state index contributed by atoms with van der Waals surface area (Å²) >= 11 is -0.746. The zero-order valence-corrected chi connectivity index (χ0v) is 23.1. The standard InChI is InChI=1S/C27H35F3N2O3S2/c1-4-6-16-31(17-7-5-2)22(18-21-12-14-23(15-13-21)35-27(28,29)30)19-32(37(33)34)26-20(3)24-10-8-9-11-25(24)36-26/h8-15,22H,4-7,16-19H2,1-3H3,(H,33,34). The third kappa shape index (κ3) is 8.43. The van der Waals surface area contributed by atoms with E-state index in [2.05, 4.69) is 23.5 Å². The van der Waals surface area contributed by atoms with Crippen molar-refractivity contribution >= 4 is 37.7 Å². The summed E-state index contributed by atoms with van der Waals surface area (Å²) in [6, 6.07) is 13.7. The molecule has 3 rings (SSSR count). The second kappa shape index (κ2) is 13.6. The Kier molecular flexibility index (Phi) is 10.8. The van der Waals surface area contributed by atoms with Gasteiger partial charge in [0, 0.05) is 10.7 Å². The molecule has 5 nitrogen and oxygen atoms in total. The lowest BCUT2D eigenvalue weighted by molar-refractivity contribution is -0.274. The van der Waals surface area contributed by atoms with Crippen molar-refractivity contribution in [2.24, 2.45) is 0 Å². The fourth-order valence-electron chi connectivity index (χ4n) is 4.42. The van der Waals surface area contributed by atoms with Crippen LogP contribution in [0.3, 0.4) is 0 Å². The molecule has 1 aromatic heterocycles. The number of unbranched alkanes of at least 4 members (excludes halogenated alkanes) is 2. The highest BCUT2D eigenvalue weighted by atomic mass is 32.2. The van der Waals surface area contributed by atoms with E-state index in [4.69, 9.17) is 0 Å². The van der Waals surface area contributed by atoms with Gasteiger partial charge in [-0.15, -0.1) is 24.5 Å². The number of hydrogen-bond acceptors (Lipinski definition) is 4. The summed E-state index contributed by atoms with van der Waals surface area (Å²) in [4.78, 5) is 2.36. The average molecular weight is 557 g/mol. The van der Waals surface area contributed by atoms with E-state index in [1.165, 1.54) is 23.5 Å². The Morgan fingerprint density at radius 1 is 1.03 bits per heavy atom. The summed E-state index contributed by atoms with van der Waals surface area (Å²) in [5.74, 6) is -0.263. The fourth-order valence-corrected chi connectivity index (χ4v) is 6.42. The van der Waals surface area contributed by atoms with Crippen LogP contribution in [0, 0.1) is 6.92 Å². The number of halogens is 3. The highest BCUT2D eigenvalue weighted by Crippen LogP contribution is 2.38. The minimum atomic E-state index is -4.74. The minimum absolute atomic E-state index is 0.117. The van der Waals surface area contributed by atoms with Crippen LogP contribution in [0.2, 0.25) is 0 Å². The van der Waals surface area contributed by atoms with Crippen molar-refractivity contribution in [3.63, 3.8) is 0 Å². The van der Waals surface area contributed by atoms with E-state index in [-0.39, 0.29) is 11.8 Å². The molecule has 2 aromatic carbocycles. The van der Waals surface area contributed by atoms with Crippen LogP contribution < -0.4 is 9.04 Å². The van der Waals surface area contributed by atoms with Crippen LogP contribution in [0.4, 0.5) is 18.2 Å². The van der Waals surface area contributed by atoms with Crippen molar-refractivity contribution in [1.29, 1.82) is 0 Å². The first kappa shape index (κ1) is 29.4. The number of thiophene rings is 1. The number of rotatable bonds is 14. The maximum atomic E-state index is 12.6. The van der Waals surface area contributed by atoms with Crippen LogP contribution >= 0.6 is 11.3 Å². The number of fused-ring (bicyclic) bond motifs is 1. The molecular weight excluding hydrogens is 521 g/mol. The van der Waals surface area contributed by atoms with Crippen LogP contribution in [-0.2, 0) is 17.7 Å². The Morgan fingerprint density at radius 3 is 2.19 bits per heavy atom. The van der Waals surface area contributed by atoms with Gasteiger partial charge >= 0.3 is 6.36 Å². The lowest BCUT2D eigenvalue weighted by Gasteiger charge is -2.35. The van der Waals surface area contributed by atoms with Crippen molar-refractivity contribution in [2.45, 2.75) is 65.3 Å². The van der Waals surface area contributed by atoms with Gasteiger partial charge in [-0.2, -0.15) is 0 Å². The molecule has 0 aliphatic carbocycles. The van der Waals surface area contributed by atoms with Gasteiger partial charge < -0.3 is 4.74 Å². The molecule has 204 valence electrons. The smallest absolute Gasteiger partial charge is 0.406 e. The van der Waals surface area contributed by atoms with Gasteiger partial charge in [0.15, 0.2) is 0 Å². The highest BCUT2D eigenvalue weighted by molar-refractivity contribution is 7.81. The average Bonchev–Trinajstić information content (AvgIpc) is 3.18. The first-order valence-electron chi connectivity index (χ1n) is 12.6. The lowest BCUT2D eigenvalue weighted by atomic mass is 10.0. The number of nitrogens with zero attached hydrogens (tertiary/aromatic N) is 2. The zero-order chi connectivity index (χ0) is 27.0. The van der Waals surface area contributed by atoms with Crippen molar-refractivity contribution in [3.8, 4) is 5.75 Å². The predicted molar refractivity (Wildman–Crippen MR) is 147 cm³/mol. The normalized spacial score (nSPS) is 13.7. The van der Waals surface area contributed by atoms with Gasteiger partial charge in [-0.25, -0.2) is 4.21 Å². The molecule has 1 N–H and O–H groups in total. The largest absolute Gasteiger partial charge is 0.573 e. The van der Waals surface area contributed by atoms with Gasteiger partial charge in [0.1, 0.15) is 10.8 Å². The van der Waals surface area contributed by atoms with Gasteiger partial charge in [0.25, 0.3) is 11.3 Å². The van der Waals surface area contributed by atoms with Crippen molar-refractivity contribution in [3.05, 3.63) is 59.7 Å². The van der Waals surface area contributed by atoms with E-state index >= 15 is 0 Å². The summed E-state index contributed by atoms with van der Waals surface area (Å²) in [7, 11) is 0. The molecule has 10 heteroatoms. The van der Waals surface area contributed by atoms with Crippen molar-refractivity contribution in [1.82, 2.24) is 4.90 Å². The summed E-state index contributed by atoms with van der Waals surface area (Å²) in [6.45, 7) is 8.21. The van der Waals surface area contributed by atoms with Crippen LogP contribution in [0.15, 0.2) is 48.5 Å². The molecule has 0 bridgehead atoms. The molecule has 0 radical (unpaired) electrons. The lowest BCUT2D eigenvalue weighted by Crippen LogP contribution is -2.46. The molecular formula is C27H35F3N2O3S2. The minimum Gasteiger partial charge on any atom is -0.406 e. The van der Waals surface area contributed by atoms with Crippen LogP contribution in [-0.4, -0.2) is 45.7 Å². The topological polar surface area (TPSA) is 53.0 Å². The molecule has 0 saturated heterocycles. The number of alkyl halides is 3. The van der Waals surface area contributed by atoms with Gasteiger partial charge in [-0.3, -0.25) is 13.8 Å². The number of benzene rings is 2. The van der Waals surface area contributed by atoms with Crippen LogP contribution in [0.25, 0.3) is 10.1 Å². The van der Waals surface area contributed by atoms with E-state index in [1.54, 1.807) is 16.4 Å². The van der Waals surface area contributed by atoms with Crippen LogP contribution in [0.5, 0.6) is 5.75 Å². The highest BCUT2D eigenvalue weighted by Gasteiger charge is 2.31. The molecule has 0 fully saturated rings. The third-order valence-electron chi connectivity index (χ3n) is 6.35. The SMILES string of the molecule is CCCCN(CCCC)C(Cc1ccc(OC(F)(F)F)cc1)CN(c1sc2ccccc2c1C)S(=O)O. The first-order chi connectivity index (χ1) is 17.6. The molecule has 37 heavy (non-hydrogen) atoms. The van der Waals surface area contributed by atoms with Gasteiger partial charge in [0.05, 0.1) is 6.54 Å². The summed E-state index contributed by atoms with van der Waals surface area (Å²) in [6.07, 6.45) is -0.203. The fraction of sp³-hybridized carbons (Fsp3) is 0.481. The summed E-state index contributed by atoms with van der Waals surface area (Å²) < 4.78 is 67.4. The number of aryl methyl sites for hydroxylation is 1. The van der Waals surface area contributed by atoms with Gasteiger partial charge in [-0.1, -0.05) is 57.0 Å². The zero-order valence-electron chi connectivity index (χ0n) is 21.5. The molecule has 0 aliphatic rings. The van der Waals surface area contributed by atoms with Crippen molar-refractivity contribution in [2.75, 3.05) is 23.9 Å². The molecule has 0 amide bonds. The Hall–Kier alpha value is -2.14. The van der Waals surface area contributed by atoms with E-state index < -0.39 is 17.6 Å². The molecule has 1 heterocycles. The van der Waals surface area contributed by atoms with E-state index in [0.29, 0.717) is 13.0 Å².